The van der Waals surface area contributed by atoms with Gasteiger partial charge < -0.3 is 10.1 Å². The van der Waals surface area contributed by atoms with Crippen LogP contribution in [0.2, 0.25) is 0 Å². The summed E-state index contributed by atoms with van der Waals surface area (Å²) in [5.74, 6) is 0. The third-order valence-corrected chi connectivity index (χ3v) is 3.16. The molecule has 0 unspecified atom stereocenters. The Morgan fingerprint density at radius 3 is 2.82 bits per heavy atom. The minimum atomic E-state index is -0.371. The van der Waals surface area contributed by atoms with Crippen molar-refractivity contribution in [1.82, 2.24) is 5.32 Å². The number of carbonyl (C=O) groups is 2. The summed E-state index contributed by atoms with van der Waals surface area (Å²) < 4.78 is 6.23. The van der Waals surface area contributed by atoms with Crippen molar-refractivity contribution in [2.24, 2.45) is 0 Å². The van der Waals surface area contributed by atoms with Gasteiger partial charge in [0.2, 0.25) is 6.41 Å². The second-order valence-electron chi connectivity index (χ2n) is 3.62. The predicted octanol–water partition coefficient (Wildman–Crippen LogP) is 1.36. The van der Waals surface area contributed by atoms with Gasteiger partial charge in [-0.05, 0) is 46.9 Å². The number of benzene rings is 1. The Labute approximate surface area is 112 Å². The third-order valence-electron chi connectivity index (χ3n) is 2.44. The van der Waals surface area contributed by atoms with Crippen molar-refractivity contribution >= 4 is 40.8 Å². The molecular weight excluding hydrogens is 335 g/mol. The Kier molecular flexibility index (Phi) is 3.82. The smallest absolute Gasteiger partial charge is 0.414 e. The average Bonchev–Trinajstić information content (AvgIpc) is 2.69. The van der Waals surface area contributed by atoms with Gasteiger partial charge in [-0.15, -0.1) is 0 Å². The number of ether oxygens (including phenoxy) is 1. The van der Waals surface area contributed by atoms with Crippen LogP contribution in [0.1, 0.15) is 0 Å². The largest absolute Gasteiger partial charge is 0.442 e. The molecule has 1 atom stereocenters. The molecular formula is C11H11IN2O3. The van der Waals surface area contributed by atoms with Gasteiger partial charge in [0, 0.05) is 9.26 Å². The Balaban J connectivity index is 2.05. The summed E-state index contributed by atoms with van der Waals surface area (Å²) in [5.41, 5.74) is 0.809. The molecule has 0 saturated carbocycles. The Bertz CT molecular complexity index is 421. The molecule has 2 amide bonds. The molecule has 1 aromatic rings. The standard InChI is InChI=1S/C11H11IN2O3/c12-8-1-3-9(4-2-8)14-6-10(5-13-7-15)17-11(14)16/h1-4,7,10H,5-6H2,(H,13,15)/t10-/m0/s1. The molecule has 6 heteroatoms. The average molecular weight is 346 g/mol. The molecule has 1 aromatic carbocycles. The molecule has 1 N–H and O–H groups in total. The summed E-state index contributed by atoms with van der Waals surface area (Å²) in [6.45, 7) is 0.802. The van der Waals surface area contributed by atoms with Crippen LogP contribution in [0, 0.1) is 3.57 Å². The van der Waals surface area contributed by atoms with E-state index in [0.717, 1.165) is 9.26 Å². The lowest BCUT2D eigenvalue weighted by Crippen LogP contribution is -2.30. The molecule has 0 spiro atoms. The Morgan fingerprint density at radius 1 is 1.47 bits per heavy atom. The highest BCUT2D eigenvalue weighted by Crippen LogP contribution is 2.22. The zero-order chi connectivity index (χ0) is 12.3. The maximum Gasteiger partial charge on any atom is 0.414 e. The van der Waals surface area contributed by atoms with Crippen molar-refractivity contribution in [3.63, 3.8) is 0 Å². The molecule has 0 aliphatic carbocycles. The van der Waals surface area contributed by atoms with E-state index in [1.165, 1.54) is 0 Å². The molecule has 0 bridgehead atoms. The van der Waals surface area contributed by atoms with Crippen molar-refractivity contribution in [3.05, 3.63) is 27.8 Å². The SMILES string of the molecule is O=CNC[C@H]1CN(c2ccc(I)cc2)C(=O)O1. The number of halogens is 1. The van der Waals surface area contributed by atoms with E-state index in [-0.39, 0.29) is 12.2 Å². The second-order valence-corrected chi connectivity index (χ2v) is 4.86. The molecule has 0 aromatic heterocycles. The lowest BCUT2D eigenvalue weighted by Gasteiger charge is -2.12. The number of cyclic esters (lactones) is 1. The number of rotatable bonds is 4. The maximum absolute atomic E-state index is 11.6. The van der Waals surface area contributed by atoms with Gasteiger partial charge in [0.1, 0.15) is 6.10 Å². The Hall–Kier alpha value is -1.31. The molecule has 2 rings (SSSR count). The molecule has 1 saturated heterocycles. The predicted molar refractivity (Wildman–Crippen MR) is 70.8 cm³/mol. The van der Waals surface area contributed by atoms with E-state index in [1.54, 1.807) is 4.90 Å². The number of hydrogen-bond acceptors (Lipinski definition) is 3. The van der Waals surface area contributed by atoms with Crippen LogP contribution in [0.3, 0.4) is 0 Å². The summed E-state index contributed by atoms with van der Waals surface area (Å²) in [4.78, 5) is 23.3. The summed E-state index contributed by atoms with van der Waals surface area (Å²) in [7, 11) is 0. The van der Waals surface area contributed by atoms with Crippen LogP contribution >= 0.6 is 22.6 Å². The normalized spacial score (nSPS) is 19.0. The minimum absolute atomic E-state index is 0.285. The molecule has 17 heavy (non-hydrogen) atoms. The minimum Gasteiger partial charge on any atom is -0.442 e. The van der Waals surface area contributed by atoms with Gasteiger partial charge in [-0.3, -0.25) is 9.69 Å². The molecule has 1 fully saturated rings. The van der Waals surface area contributed by atoms with Crippen molar-refractivity contribution in [2.45, 2.75) is 6.10 Å². The van der Waals surface area contributed by atoms with Gasteiger partial charge in [0.05, 0.1) is 13.1 Å². The Morgan fingerprint density at radius 2 is 2.18 bits per heavy atom. The van der Waals surface area contributed by atoms with Gasteiger partial charge in [-0.25, -0.2) is 4.79 Å². The quantitative estimate of drug-likeness (QED) is 0.662. The van der Waals surface area contributed by atoms with Gasteiger partial charge in [-0.1, -0.05) is 0 Å². The molecule has 0 radical (unpaired) electrons. The lowest BCUT2D eigenvalue weighted by atomic mass is 10.3. The number of carbonyl (C=O) groups excluding carboxylic acids is 2. The highest BCUT2D eigenvalue weighted by molar-refractivity contribution is 14.1. The summed E-state index contributed by atoms with van der Waals surface area (Å²) in [5, 5.41) is 2.51. The topological polar surface area (TPSA) is 58.6 Å². The third kappa shape index (κ3) is 2.87. The van der Waals surface area contributed by atoms with Crippen LogP contribution in [-0.4, -0.2) is 31.7 Å². The van der Waals surface area contributed by atoms with Gasteiger partial charge in [0.25, 0.3) is 0 Å². The number of amides is 2. The summed E-state index contributed by atoms with van der Waals surface area (Å²) in [6.07, 6.45) is -0.0580. The summed E-state index contributed by atoms with van der Waals surface area (Å²) >= 11 is 2.20. The fourth-order valence-corrected chi connectivity index (χ4v) is 2.00. The van der Waals surface area contributed by atoms with E-state index < -0.39 is 0 Å². The first-order chi connectivity index (χ1) is 8.20. The first-order valence-corrected chi connectivity index (χ1v) is 6.19. The van der Waals surface area contributed by atoms with Crippen LogP contribution in [0.15, 0.2) is 24.3 Å². The number of hydrogen-bond donors (Lipinski definition) is 1. The molecule has 90 valence electrons. The zero-order valence-corrected chi connectivity index (χ0v) is 11.1. The fourth-order valence-electron chi connectivity index (χ4n) is 1.64. The van der Waals surface area contributed by atoms with Crippen molar-refractivity contribution in [3.8, 4) is 0 Å². The maximum atomic E-state index is 11.6. The number of nitrogens with one attached hydrogen (secondary N) is 1. The van der Waals surface area contributed by atoms with Crippen LogP contribution in [0.5, 0.6) is 0 Å². The van der Waals surface area contributed by atoms with Gasteiger partial charge in [0.15, 0.2) is 0 Å². The van der Waals surface area contributed by atoms with Crippen LogP contribution < -0.4 is 10.2 Å². The summed E-state index contributed by atoms with van der Waals surface area (Å²) in [6, 6.07) is 7.61. The highest BCUT2D eigenvalue weighted by Gasteiger charge is 2.31. The van der Waals surface area contributed by atoms with Gasteiger partial charge >= 0.3 is 6.09 Å². The second kappa shape index (κ2) is 5.35. The number of anilines is 1. The van der Waals surface area contributed by atoms with Crippen LogP contribution in [-0.2, 0) is 9.53 Å². The molecule has 1 heterocycles. The first-order valence-electron chi connectivity index (χ1n) is 5.11. The van der Waals surface area contributed by atoms with Crippen LogP contribution in [0.4, 0.5) is 10.5 Å². The molecule has 5 nitrogen and oxygen atoms in total. The number of nitrogens with zero attached hydrogens (tertiary/aromatic N) is 1. The first kappa shape index (κ1) is 12.2. The molecule has 1 aliphatic heterocycles. The van der Waals surface area contributed by atoms with Crippen molar-refractivity contribution in [1.29, 1.82) is 0 Å². The highest BCUT2D eigenvalue weighted by atomic mass is 127. The monoisotopic (exact) mass is 346 g/mol. The van der Waals surface area contributed by atoms with E-state index >= 15 is 0 Å². The van der Waals surface area contributed by atoms with Crippen molar-refractivity contribution in [2.75, 3.05) is 18.0 Å². The van der Waals surface area contributed by atoms with E-state index in [0.29, 0.717) is 19.5 Å². The molecule has 1 aliphatic rings. The van der Waals surface area contributed by atoms with E-state index in [9.17, 15) is 9.59 Å². The lowest BCUT2D eigenvalue weighted by molar-refractivity contribution is -0.109. The van der Waals surface area contributed by atoms with E-state index in [1.807, 2.05) is 24.3 Å². The van der Waals surface area contributed by atoms with Crippen LogP contribution in [0.25, 0.3) is 0 Å². The fraction of sp³-hybridized carbons (Fsp3) is 0.273. The van der Waals surface area contributed by atoms with Crippen molar-refractivity contribution < 1.29 is 14.3 Å². The van der Waals surface area contributed by atoms with E-state index in [4.69, 9.17) is 4.74 Å². The van der Waals surface area contributed by atoms with Gasteiger partial charge in [-0.2, -0.15) is 0 Å². The van der Waals surface area contributed by atoms with E-state index in [2.05, 4.69) is 27.9 Å². The zero-order valence-electron chi connectivity index (χ0n) is 8.93.